The van der Waals surface area contributed by atoms with Gasteiger partial charge in [-0.2, -0.15) is 18.4 Å². The number of carbonyl (C=O) groups excluding carboxylic acids is 2. The van der Waals surface area contributed by atoms with Crippen molar-refractivity contribution in [2.24, 2.45) is 0 Å². The second kappa shape index (κ2) is 7.26. The van der Waals surface area contributed by atoms with Crippen LogP contribution in [-0.4, -0.2) is 35.1 Å². The van der Waals surface area contributed by atoms with Crippen LogP contribution in [-0.2, 0) is 14.4 Å². The van der Waals surface area contributed by atoms with Gasteiger partial charge in [0.1, 0.15) is 6.04 Å². The quantitative estimate of drug-likeness (QED) is 0.745. The number of benzene rings is 1. The Hall–Kier alpha value is -3.09. The van der Waals surface area contributed by atoms with E-state index in [-0.39, 0.29) is 5.69 Å². The van der Waals surface area contributed by atoms with Gasteiger partial charge >= 0.3 is 18.1 Å². The molecule has 0 unspecified atom stereocenters. The van der Waals surface area contributed by atoms with E-state index < -0.39 is 36.4 Å². The van der Waals surface area contributed by atoms with Gasteiger partial charge in [-0.15, -0.1) is 0 Å². The Morgan fingerprint density at radius 1 is 1.22 bits per heavy atom. The Balaban J connectivity index is 2.69. The fraction of sp³-hybridized carbons (Fsp3) is 0.231. The topological polar surface area (TPSA) is 119 Å². The third kappa shape index (κ3) is 5.66. The lowest BCUT2D eigenvalue weighted by molar-refractivity contribution is -0.175. The number of rotatable bonds is 5. The van der Waals surface area contributed by atoms with Crippen molar-refractivity contribution in [1.82, 2.24) is 5.32 Å². The molecule has 0 aliphatic heterocycles. The standard InChI is InChI=1S/C13H10F3N3O4/c14-13(15,16)12(23)19-9(11(21)22)5-10(20)18-8-3-1-7(6-17)2-4-8/h1-4,9H,5H2,(H,18,20)(H,19,23)(H,21,22)/t9-/m0/s1. The van der Waals surface area contributed by atoms with E-state index in [1.165, 1.54) is 29.6 Å². The number of carboxylic acids is 1. The monoisotopic (exact) mass is 329 g/mol. The number of nitriles is 1. The maximum atomic E-state index is 12.1. The van der Waals surface area contributed by atoms with Gasteiger partial charge in [0.2, 0.25) is 5.91 Å². The molecule has 0 saturated heterocycles. The number of carbonyl (C=O) groups is 3. The highest BCUT2D eigenvalue weighted by Crippen LogP contribution is 2.15. The maximum absolute atomic E-state index is 12.1. The van der Waals surface area contributed by atoms with Gasteiger partial charge in [0.15, 0.2) is 0 Å². The van der Waals surface area contributed by atoms with E-state index >= 15 is 0 Å². The van der Waals surface area contributed by atoms with Crippen molar-refractivity contribution in [3.8, 4) is 6.07 Å². The van der Waals surface area contributed by atoms with Gasteiger partial charge < -0.3 is 15.7 Å². The normalized spacial score (nSPS) is 11.9. The van der Waals surface area contributed by atoms with Crippen LogP contribution in [0.3, 0.4) is 0 Å². The summed E-state index contributed by atoms with van der Waals surface area (Å²) in [6, 6.07) is 5.31. The minimum atomic E-state index is -5.25. The number of aliphatic carboxylic acids is 1. The third-order valence-corrected chi connectivity index (χ3v) is 2.55. The molecule has 23 heavy (non-hydrogen) atoms. The van der Waals surface area contributed by atoms with E-state index in [4.69, 9.17) is 10.4 Å². The predicted octanol–water partition coefficient (Wildman–Crippen LogP) is 1.02. The molecule has 10 heteroatoms. The molecule has 7 nitrogen and oxygen atoms in total. The van der Waals surface area contributed by atoms with Crippen LogP contribution < -0.4 is 10.6 Å². The van der Waals surface area contributed by atoms with Gasteiger partial charge in [0, 0.05) is 5.69 Å². The molecular weight excluding hydrogens is 319 g/mol. The molecule has 122 valence electrons. The van der Waals surface area contributed by atoms with Gasteiger partial charge in [0.25, 0.3) is 0 Å². The van der Waals surface area contributed by atoms with Crippen LogP contribution in [0.4, 0.5) is 18.9 Å². The first-order chi connectivity index (χ1) is 10.6. The van der Waals surface area contributed by atoms with Crippen LogP contribution in [0.25, 0.3) is 0 Å². The van der Waals surface area contributed by atoms with Crippen molar-refractivity contribution in [2.75, 3.05) is 5.32 Å². The van der Waals surface area contributed by atoms with Gasteiger partial charge in [-0.05, 0) is 24.3 Å². The van der Waals surface area contributed by atoms with Crippen molar-refractivity contribution in [3.63, 3.8) is 0 Å². The van der Waals surface area contributed by atoms with Crippen LogP contribution in [0, 0.1) is 11.3 Å². The lowest BCUT2D eigenvalue weighted by atomic mass is 10.1. The molecule has 0 fully saturated rings. The summed E-state index contributed by atoms with van der Waals surface area (Å²) < 4.78 is 36.3. The van der Waals surface area contributed by atoms with Gasteiger partial charge in [-0.3, -0.25) is 9.59 Å². The van der Waals surface area contributed by atoms with Crippen LogP contribution in [0.1, 0.15) is 12.0 Å². The summed E-state index contributed by atoms with van der Waals surface area (Å²) in [5.41, 5.74) is 0.545. The third-order valence-electron chi connectivity index (χ3n) is 2.55. The number of amides is 2. The number of carboxylic acid groups (broad SMARTS) is 1. The first kappa shape index (κ1) is 18.0. The predicted molar refractivity (Wildman–Crippen MR) is 70.0 cm³/mol. The number of nitrogens with zero attached hydrogens (tertiary/aromatic N) is 1. The summed E-state index contributed by atoms with van der Waals surface area (Å²) in [4.78, 5) is 33.2. The zero-order chi connectivity index (χ0) is 17.6. The molecule has 0 saturated carbocycles. The number of alkyl halides is 3. The Kier molecular flexibility index (Phi) is 5.67. The van der Waals surface area contributed by atoms with Gasteiger partial charge in [0.05, 0.1) is 18.1 Å². The molecule has 0 spiro atoms. The summed E-state index contributed by atoms with van der Waals surface area (Å²) in [6.45, 7) is 0. The molecule has 0 aliphatic rings. The molecule has 1 aromatic rings. The Morgan fingerprint density at radius 2 is 1.78 bits per heavy atom. The lowest BCUT2D eigenvalue weighted by Gasteiger charge is -2.15. The minimum Gasteiger partial charge on any atom is -0.480 e. The zero-order valence-electron chi connectivity index (χ0n) is 11.3. The highest BCUT2D eigenvalue weighted by Gasteiger charge is 2.41. The Labute approximate surface area is 127 Å². The van der Waals surface area contributed by atoms with Crippen LogP contribution in [0.5, 0.6) is 0 Å². The van der Waals surface area contributed by atoms with Gasteiger partial charge in [-0.1, -0.05) is 0 Å². The van der Waals surface area contributed by atoms with Crippen LogP contribution in [0.15, 0.2) is 24.3 Å². The highest BCUT2D eigenvalue weighted by atomic mass is 19.4. The second-order valence-electron chi connectivity index (χ2n) is 4.30. The first-order valence-corrected chi connectivity index (χ1v) is 6.04. The smallest absolute Gasteiger partial charge is 0.471 e. The first-order valence-electron chi connectivity index (χ1n) is 6.04. The highest BCUT2D eigenvalue weighted by molar-refractivity contribution is 5.95. The van der Waals surface area contributed by atoms with Crippen molar-refractivity contribution in [3.05, 3.63) is 29.8 Å². The summed E-state index contributed by atoms with van der Waals surface area (Å²) in [7, 11) is 0. The average molecular weight is 329 g/mol. The summed E-state index contributed by atoms with van der Waals surface area (Å²) >= 11 is 0. The fourth-order valence-electron chi connectivity index (χ4n) is 1.47. The Bertz CT molecular complexity index is 650. The van der Waals surface area contributed by atoms with E-state index in [1.807, 2.05) is 6.07 Å². The summed E-state index contributed by atoms with van der Waals surface area (Å²) in [6.07, 6.45) is -6.14. The number of anilines is 1. The number of hydrogen-bond donors (Lipinski definition) is 3. The van der Waals surface area contributed by atoms with Crippen molar-refractivity contribution < 1.29 is 32.7 Å². The van der Waals surface area contributed by atoms with Crippen molar-refractivity contribution in [2.45, 2.75) is 18.6 Å². The zero-order valence-corrected chi connectivity index (χ0v) is 11.3. The molecule has 0 radical (unpaired) electrons. The number of hydrogen-bond acceptors (Lipinski definition) is 4. The molecule has 1 atom stereocenters. The molecule has 3 N–H and O–H groups in total. The van der Waals surface area contributed by atoms with E-state index in [0.29, 0.717) is 5.56 Å². The van der Waals surface area contributed by atoms with Crippen molar-refractivity contribution >= 4 is 23.5 Å². The van der Waals surface area contributed by atoms with E-state index in [9.17, 15) is 27.6 Å². The number of nitrogens with one attached hydrogen (secondary N) is 2. The molecule has 0 bridgehead atoms. The molecular formula is C13H10F3N3O4. The minimum absolute atomic E-state index is 0.222. The molecule has 2 amide bonds. The van der Waals surface area contributed by atoms with Crippen LogP contribution >= 0.6 is 0 Å². The number of halogens is 3. The lowest BCUT2D eigenvalue weighted by Crippen LogP contribution is -2.48. The Morgan fingerprint density at radius 3 is 2.22 bits per heavy atom. The molecule has 0 aliphatic carbocycles. The van der Waals surface area contributed by atoms with Crippen molar-refractivity contribution in [1.29, 1.82) is 5.26 Å². The van der Waals surface area contributed by atoms with Gasteiger partial charge in [-0.25, -0.2) is 4.79 Å². The van der Waals surface area contributed by atoms with E-state index in [0.717, 1.165) is 0 Å². The summed E-state index contributed by atoms with van der Waals surface area (Å²) in [5.74, 6) is -5.14. The van der Waals surface area contributed by atoms with E-state index in [2.05, 4.69) is 5.32 Å². The molecule has 1 aromatic carbocycles. The fourth-order valence-corrected chi connectivity index (χ4v) is 1.47. The SMILES string of the molecule is N#Cc1ccc(NC(=O)C[C@H](NC(=O)C(F)(F)F)C(=O)O)cc1. The molecule has 1 rings (SSSR count). The maximum Gasteiger partial charge on any atom is 0.471 e. The summed E-state index contributed by atoms with van der Waals surface area (Å²) in [5, 5.41) is 20.8. The largest absolute Gasteiger partial charge is 0.480 e. The molecule has 0 aromatic heterocycles. The van der Waals surface area contributed by atoms with E-state index in [1.54, 1.807) is 0 Å². The molecule has 0 heterocycles. The second-order valence-corrected chi connectivity index (χ2v) is 4.30. The average Bonchev–Trinajstić information content (AvgIpc) is 2.46. The van der Waals surface area contributed by atoms with Crippen LogP contribution in [0.2, 0.25) is 0 Å².